The Balaban J connectivity index is 4.70. The van der Waals surface area contributed by atoms with Gasteiger partial charge in [-0.05, 0) is 11.8 Å². The Morgan fingerprint density at radius 1 is 1.20 bits per heavy atom. The number of hydrogen-bond donors (Lipinski definition) is 1. The van der Waals surface area contributed by atoms with Gasteiger partial charge in [0.2, 0.25) is 0 Å². The molecule has 0 aromatic carbocycles. The van der Waals surface area contributed by atoms with Crippen LogP contribution in [0.15, 0.2) is 0 Å². The SMILES string of the molecule is CC(C)(C)CC(CNC(=O)C(F)(F)C(F)F)C(=O)CBr. The minimum atomic E-state index is -4.75. The van der Waals surface area contributed by atoms with Crippen LogP contribution < -0.4 is 5.32 Å². The van der Waals surface area contributed by atoms with Gasteiger partial charge in [-0.15, -0.1) is 0 Å². The zero-order valence-corrected chi connectivity index (χ0v) is 13.1. The van der Waals surface area contributed by atoms with Crippen LogP contribution in [0.25, 0.3) is 0 Å². The quantitative estimate of drug-likeness (QED) is 0.558. The Morgan fingerprint density at radius 3 is 2.05 bits per heavy atom. The number of ketones is 1. The first-order chi connectivity index (χ1) is 8.91. The molecule has 0 saturated heterocycles. The first-order valence-corrected chi connectivity index (χ1v) is 7.07. The van der Waals surface area contributed by atoms with E-state index in [0.717, 1.165) is 0 Å². The molecule has 3 nitrogen and oxygen atoms in total. The van der Waals surface area contributed by atoms with Crippen molar-refractivity contribution in [3.05, 3.63) is 0 Å². The molecule has 20 heavy (non-hydrogen) atoms. The summed E-state index contributed by atoms with van der Waals surface area (Å²) in [5.74, 6) is -7.79. The Bertz CT molecular complexity index is 356. The van der Waals surface area contributed by atoms with Crippen molar-refractivity contribution in [3.63, 3.8) is 0 Å². The molecule has 1 atom stereocenters. The normalized spacial score (nSPS) is 14.2. The van der Waals surface area contributed by atoms with Gasteiger partial charge in [-0.1, -0.05) is 36.7 Å². The predicted molar refractivity (Wildman–Crippen MR) is 70.3 cm³/mol. The summed E-state index contributed by atoms with van der Waals surface area (Å²) in [4.78, 5) is 22.7. The average molecular weight is 364 g/mol. The molecule has 0 rings (SSSR count). The summed E-state index contributed by atoms with van der Waals surface area (Å²) in [6.07, 6.45) is -3.73. The highest BCUT2D eigenvalue weighted by atomic mass is 79.9. The summed E-state index contributed by atoms with van der Waals surface area (Å²) in [6, 6.07) is 0. The molecule has 1 N–H and O–H groups in total. The van der Waals surface area contributed by atoms with Gasteiger partial charge in [-0.2, -0.15) is 8.78 Å². The molecule has 118 valence electrons. The summed E-state index contributed by atoms with van der Waals surface area (Å²) < 4.78 is 49.5. The van der Waals surface area contributed by atoms with Gasteiger partial charge in [0.15, 0.2) is 0 Å². The van der Waals surface area contributed by atoms with E-state index in [9.17, 15) is 27.2 Å². The highest BCUT2D eigenvalue weighted by Gasteiger charge is 2.49. The first-order valence-electron chi connectivity index (χ1n) is 5.94. The van der Waals surface area contributed by atoms with Crippen molar-refractivity contribution in [1.82, 2.24) is 5.32 Å². The van der Waals surface area contributed by atoms with Gasteiger partial charge in [-0.25, -0.2) is 8.78 Å². The van der Waals surface area contributed by atoms with E-state index in [2.05, 4.69) is 15.9 Å². The zero-order valence-electron chi connectivity index (χ0n) is 11.5. The highest BCUT2D eigenvalue weighted by molar-refractivity contribution is 9.09. The standard InChI is InChI=1S/C12H18BrF4NO2/c1-11(2,3)4-7(8(19)5-13)6-18-10(20)12(16,17)9(14)15/h7,9H,4-6H2,1-3H3,(H,18,20). The molecule has 0 bridgehead atoms. The van der Waals surface area contributed by atoms with Crippen LogP contribution >= 0.6 is 15.9 Å². The maximum Gasteiger partial charge on any atom is 0.383 e. The lowest BCUT2D eigenvalue weighted by molar-refractivity contribution is -0.169. The number of halogens is 5. The fraction of sp³-hybridized carbons (Fsp3) is 0.833. The number of hydrogen-bond acceptors (Lipinski definition) is 2. The van der Waals surface area contributed by atoms with Crippen molar-refractivity contribution in [1.29, 1.82) is 0 Å². The van der Waals surface area contributed by atoms with Gasteiger partial charge >= 0.3 is 12.3 Å². The Kier molecular flexibility index (Phi) is 7.13. The highest BCUT2D eigenvalue weighted by Crippen LogP contribution is 2.26. The lowest BCUT2D eigenvalue weighted by Crippen LogP contribution is -2.47. The lowest BCUT2D eigenvalue weighted by Gasteiger charge is -2.25. The average Bonchev–Trinajstić information content (AvgIpc) is 2.31. The number of nitrogens with one attached hydrogen (secondary N) is 1. The molecule has 0 saturated carbocycles. The van der Waals surface area contributed by atoms with Crippen molar-refractivity contribution < 1.29 is 27.2 Å². The van der Waals surface area contributed by atoms with Crippen molar-refractivity contribution in [2.24, 2.45) is 11.3 Å². The van der Waals surface area contributed by atoms with Crippen molar-refractivity contribution in [2.75, 3.05) is 11.9 Å². The number of carbonyl (C=O) groups excluding carboxylic acids is 2. The minimum Gasteiger partial charge on any atom is -0.350 e. The van der Waals surface area contributed by atoms with Crippen LogP contribution in [0.4, 0.5) is 17.6 Å². The van der Waals surface area contributed by atoms with Gasteiger partial charge in [0.25, 0.3) is 5.91 Å². The molecule has 0 aromatic rings. The summed E-state index contributed by atoms with van der Waals surface area (Å²) in [5.41, 5.74) is -0.265. The Labute approximate surface area is 123 Å². The van der Waals surface area contributed by atoms with E-state index in [4.69, 9.17) is 0 Å². The Morgan fingerprint density at radius 2 is 1.70 bits per heavy atom. The third-order valence-electron chi connectivity index (χ3n) is 2.53. The van der Waals surface area contributed by atoms with E-state index in [1.807, 2.05) is 20.8 Å². The first kappa shape index (κ1) is 19.3. The van der Waals surface area contributed by atoms with E-state index in [-0.39, 0.29) is 23.1 Å². The molecular weight excluding hydrogens is 346 g/mol. The van der Waals surface area contributed by atoms with Crippen molar-refractivity contribution >= 4 is 27.6 Å². The van der Waals surface area contributed by atoms with Crippen LogP contribution in [0.3, 0.4) is 0 Å². The van der Waals surface area contributed by atoms with Crippen LogP contribution in [-0.4, -0.2) is 35.9 Å². The monoisotopic (exact) mass is 363 g/mol. The zero-order chi connectivity index (χ0) is 16.1. The van der Waals surface area contributed by atoms with Crippen LogP contribution in [0.2, 0.25) is 0 Å². The fourth-order valence-electron chi connectivity index (χ4n) is 1.58. The van der Waals surface area contributed by atoms with E-state index >= 15 is 0 Å². The van der Waals surface area contributed by atoms with Crippen LogP contribution in [0, 0.1) is 11.3 Å². The summed E-state index contributed by atoms with van der Waals surface area (Å²) in [6.45, 7) is 5.15. The van der Waals surface area contributed by atoms with Crippen molar-refractivity contribution in [3.8, 4) is 0 Å². The largest absolute Gasteiger partial charge is 0.383 e. The number of rotatable bonds is 7. The Hall–Kier alpha value is -0.660. The fourth-order valence-corrected chi connectivity index (χ4v) is 2.04. The molecule has 0 aliphatic carbocycles. The van der Waals surface area contributed by atoms with E-state index < -0.39 is 24.2 Å². The number of Topliss-reactive ketones (excluding diaryl/α,β-unsaturated/α-hetero) is 1. The second-order valence-corrected chi connectivity index (χ2v) is 6.26. The molecule has 0 fully saturated rings. The van der Waals surface area contributed by atoms with Gasteiger partial charge in [0, 0.05) is 12.5 Å². The predicted octanol–water partition coefficient (Wildman–Crippen LogP) is 3.02. The maximum absolute atomic E-state index is 12.8. The van der Waals surface area contributed by atoms with Gasteiger partial charge < -0.3 is 5.32 Å². The molecule has 1 amide bonds. The smallest absolute Gasteiger partial charge is 0.350 e. The van der Waals surface area contributed by atoms with Crippen LogP contribution in [0.5, 0.6) is 0 Å². The molecule has 0 radical (unpaired) electrons. The van der Waals surface area contributed by atoms with Gasteiger partial charge in [0.05, 0.1) is 5.33 Å². The third-order valence-corrected chi connectivity index (χ3v) is 3.08. The van der Waals surface area contributed by atoms with E-state index in [1.54, 1.807) is 5.32 Å². The van der Waals surface area contributed by atoms with E-state index in [1.165, 1.54) is 0 Å². The molecular formula is C12H18BrF4NO2. The maximum atomic E-state index is 12.8. The van der Waals surface area contributed by atoms with Gasteiger partial charge in [0.1, 0.15) is 5.78 Å². The molecule has 0 aromatic heterocycles. The lowest BCUT2D eigenvalue weighted by atomic mass is 9.83. The van der Waals surface area contributed by atoms with Crippen LogP contribution in [-0.2, 0) is 9.59 Å². The number of amides is 1. The molecule has 0 heterocycles. The second-order valence-electron chi connectivity index (χ2n) is 5.70. The van der Waals surface area contributed by atoms with Crippen LogP contribution in [0.1, 0.15) is 27.2 Å². The third kappa shape index (κ3) is 6.19. The molecule has 1 unspecified atom stereocenters. The molecule has 0 aliphatic rings. The van der Waals surface area contributed by atoms with Crippen molar-refractivity contribution in [2.45, 2.75) is 39.5 Å². The summed E-state index contributed by atoms with van der Waals surface area (Å²) >= 11 is 2.96. The van der Waals surface area contributed by atoms with E-state index in [0.29, 0.717) is 6.42 Å². The number of alkyl halides is 5. The summed E-state index contributed by atoms with van der Waals surface area (Å²) in [7, 11) is 0. The molecule has 0 aliphatic heterocycles. The van der Waals surface area contributed by atoms with Gasteiger partial charge in [-0.3, -0.25) is 9.59 Å². The summed E-state index contributed by atoms with van der Waals surface area (Å²) in [5, 5.41) is 1.74. The molecule has 0 spiro atoms. The topological polar surface area (TPSA) is 46.2 Å². The second kappa shape index (κ2) is 7.38. The minimum absolute atomic E-state index is 0.00879. The molecule has 8 heteroatoms. The number of carbonyl (C=O) groups is 2.